The molecule has 16 heavy (non-hydrogen) atoms. The number of piperidine rings is 1. The van der Waals surface area contributed by atoms with Crippen molar-refractivity contribution in [2.75, 3.05) is 6.54 Å². The van der Waals surface area contributed by atoms with E-state index in [1.54, 1.807) is 6.92 Å². The highest BCUT2D eigenvalue weighted by Gasteiger charge is 2.19. The Morgan fingerprint density at radius 1 is 1.31 bits per heavy atom. The minimum atomic E-state index is 0.136. The van der Waals surface area contributed by atoms with Crippen molar-refractivity contribution in [1.29, 1.82) is 0 Å². The van der Waals surface area contributed by atoms with E-state index in [1.807, 2.05) is 12.1 Å². The number of rotatable bonds is 2. The summed E-state index contributed by atoms with van der Waals surface area (Å²) in [5, 5.41) is 3.53. The van der Waals surface area contributed by atoms with Gasteiger partial charge in [0.25, 0.3) is 0 Å². The summed E-state index contributed by atoms with van der Waals surface area (Å²) in [5.74, 6) is 0.926. The molecule has 2 atom stereocenters. The van der Waals surface area contributed by atoms with E-state index < -0.39 is 0 Å². The first-order valence-corrected chi connectivity index (χ1v) is 6.01. The molecule has 2 heteroatoms. The lowest BCUT2D eigenvalue weighted by atomic mass is 9.90. The van der Waals surface area contributed by atoms with Crippen LogP contribution in [0.5, 0.6) is 0 Å². The molecule has 2 rings (SSSR count). The van der Waals surface area contributed by atoms with E-state index in [-0.39, 0.29) is 5.78 Å². The Balaban J connectivity index is 2.11. The van der Waals surface area contributed by atoms with E-state index in [1.165, 1.54) is 18.4 Å². The Bertz CT molecular complexity index is 369. The molecule has 1 heterocycles. The second-order valence-electron chi connectivity index (χ2n) is 4.81. The third kappa shape index (κ3) is 2.50. The molecule has 0 aromatic heterocycles. The molecule has 0 radical (unpaired) electrons. The highest BCUT2D eigenvalue weighted by atomic mass is 16.1. The molecule has 0 amide bonds. The molecule has 1 N–H and O–H groups in total. The van der Waals surface area contributed by atoms with Crippen LogP contribution in [-0.4, -0.2) is 12.3 Å². The summed E-state index contributed by atoms with van der Waals surface area (Å²) in [7, 11) is 0. The van der Waals surface area contributed by atoms with Gasteiger partial charge < -0.3 is 5.32 Å². The van der Waals surface area contributed by atoms with Gasteiger partial charge in [-0.05, 0) is 37.8 Å². The zero-order chi connectivity index (χ0) is 11.5. The fraction of sp³-hybridized carbons (Fsp3) is 0.500. The zero-order valence-electron chi connectivity index (χ0n) is 9.99. The van der Waals surface area contributed by atoms with Crippen LogP contribution in [-0.2, 0) is 0 Å². The van der Waals surface area contributed by atoms with Gasteiger partial charge in [-0.2, -0.15) is 0 Å². The van der Waals surface area contributed by atoms with Gasteiger partial charge in [-0.1, -0.05) is 31.2 Å². The first kappa shape index (κ1) is 11.3. The van der Waals surface area contributed by atoms with Crippen molar-refractivity contribution in [1.82, 2.24) is 5.32 Å². The summed E-state index contributed by atoms with van der Waals surface area (Å²) in [6.45, 7) is 5.01. The third-order valence-electron chi connectivity index (χ3n) is 3.39. The lowest BCUT2D eigenvalue weighted by Gasteiger charge is -2.28. The molecule has 0 aliphatic carbocycles. The Morgan fingerprint density at radius 2 is 2.00 bits per heavy atom. The van der Waals surface area contributed by atoms with Crippen LogP contribution in [0.2, 0.25) is 0 Å². The van der Waals surface area contributed by atoms with E-state index in [9.17, 15) is 4.79 Å². The van der Waals surface area contributed by atoms with Crippen LogP contribution in [0.15, 0.2) is 24.3 Å². The monoisotopic (exact) mass is 217 g/mol. The average Bonchev–Trinajstić information content (AvgIpc) is 2.29. The minimum absolute atomic E-state index is 0.136. The second-order valence-corrected chi connectivity index (χ2v) is 4.81. The number of Topliss-reactive ketones (excluding diaryl/α,β-unsaturated/α-hetero) is 1. The molecule has 0 bridgehead atoms. The van der Waals surface area contributed by atoms with E-state index in [4.69, 9.17) is 0 Å². The van der Waals surface area contributed by atoms with Gasteiger partial charge in [0.15, 0.2) is 5.78 Å². The van der Waals surface area contributed by atoms with Crippen molar-refractivity contribution in [3.8, 4) is 0 Å². The Hall–Kier alpha value is -1.15. The maximum atomic E-state index is 11.2. The molecule has 1 fully saturated rings. The molecule has 1 aliphatic heterocycles. The predicted octanol–water partition coefficient (Wildman–Crippen LogP) is 2.95. The molecule has 1 saturated heterocycles. The van der Waals surface area contributed by atoms with Crippen molar-refractivity contribution in [3.63, 3.8) is 0 Å². The largest absolute Gasteiger partial charge is 0.310 e. The molecule has 86 valence electrons. The van der Waals surface area contributed by atoms with E-state index in [0.29, 0.717) is 6.04 Å². The van der Waals surface area contributed by atoms with Crippen molar-refractivity contribution in [2.45, 2.75) is 32.7 Å². The van der Waals surface area contributed by atoms with Gasteiger partial charge in [-0.25, -0.2) is 0 Å². The van der Waals surface area contributed by atoms with Gasteiger partial charge in [-0.3, -0.25) is 4.79 Å². The van der Waals surface area contributed by atoms with Crippen LogP contribution >= 0.6 is 0 Å². The molecule has 0 saturated carbocycles. The highest BCUT2D eigenvalue weighted by Crippen LogP contribution is 2.26. The van der Waals surface area contributed by atoms with Crippen LogP contribution in [0, 0.1) is 5.92 Å². The van der Waals surface area contributed by atoms with Crippen LogP contribution in [0.3, 0.4) is 0 Å². The summed E-state index contributed by atoms with van der Waals surface area (Å²) in [5.41, 5.74) is 2.10. The fourth-order valence-corrected chi connectivity index (χ4v) is 2.31. The second kappa shape index (κ2) is 4.79. The number of carbonyl (C=O) groups excluding carboxylic acids is 1. The van der Waals surface area contributed by atoms with Crippen molar-refractivity contribution >= 4 is 5.78 Å². The van der Waals surface area contributed by atoms with Crippen LogP contribution in [0.1, 0.15) is 48.7 Å². The average molecular weight is 217 g/mol. The number of carbonyl (C=O) groups is 1. The number of ketones is 1. The van der Waals surface area contributed by atoms with E-state index in [2.05, 4.69) is 24.4 Å². The number of hydrogen-bond donors (Lipinski definition) is 1. The van der Waals surface area contributed by atoms with Gasteiger partial charge in [0.1, 0.15) is 0 Å². The molecule has 1 aromatic carbocycles. The first-order valence-electron chi connectivity index (χ1n) is 6.01. The number of nitrogens with one attached hydrogen (secondary N) is 1. The summed E-state index contributed by atoms with van der Waals surface area (Å²) in [6, 6.07) is 8.47. The van der Waals surface area contributed by atoms with Crippen molar-refractivity contribution < 1.29 is 4.79 Å². The van der Waals surface area contributed by atoms with Crippen LogP contribution in [0.25, 0.3) is 0 Å². The number of hydrogen-bond acceptors (Lipinski definition) is 2. The van der Waals surface area contributed by atoms with Gasteiger partial charge in [-0.15, -0.1) is 0 Å². The first-order chi connectivity index (χ1) is 7.66. The molecule has 1 aliphatic rings. The summed E-state index contributed by atoms with van der Waals surface area (Å²) < 4.78 is 0. The standard InChI is InChI=1S/C14H19NO/c1-10-7-8-15-14(9-10)13-5-3-12(4-6-13)11(2)16/h3-6,10,14-15H,7-9H2,1-2H3/t10-,14?/m1/s1. The SMILES string of the molecule is CC(=O)c1ccc(C2C[C@H](C)CCN2)cc1. The molecular weight excluding hydrogens is 198 g/mol. The Morgan fingerprint density at radius 3 is 2.56 bits per heavy atom. The quantitative estimate of drug-likeness (QED) is 0.772. The maximum Gasteiger partial charge on any atom is 0.159 e. The van der Waals surface area contributed by atoms with Crippen LogP contribution < -0.4 is 5.32 Å². The Labute approximate surface area is 97.1 Å². The molecule has 0 spiro atoms. The third-order valence-corrected chi connectivity index (χ3v) is 3.39. The molecular formula is C14H19NO. The predicted molar refractivity (Wildman–Crippen MR) is 65.6 cm³/mol. The normalized spacial score (nSPS) is 25.4. The van der Waals surface area contributed by atoms with Crippen molar-refractivity contribution in [2.24, 2.45) is 5.92 Å². The number of benzene rings is 1. The zero-order valence-corrected chi connectivity index (χ0v) is 9.99. The van der Waals surface area contributed by atoms with E-state index in [0.717, 1.165) is 18.0 Å². The topological polar surface area (TPSA) is 29.1 Å². The van der Waals surface area contributed by atoms with Gasteiger partial charge in [0, 0.05) is 11.6 Å². The van der Waals surface area contributed by atoms with Gasteiger partial charge in [0.2, 0.25) is 0 Å². The molecule has 1 unspecified atom stereocenters. The minimum Gasteiger partial charge on any atom is -0.310 e. The van der Waals surface area contributed by atoms with Crippen molar-refractivity contribution in [3.05, 3.63) is 35.4 Å². The van der Waals surface area contributed by atoms with Crippen LogP contribution in [0.4, 0.5) is 0 Å². The fourth-order valence-electron chi connectivity index (χ4n) is 2.31. The maximum absolute atomic E-state index is 11.2. The molecule has 1 aromatic rings. The van der Waals surface area contributed by atoms with Gasteiger partial charge >= 0.3 is 0 Å². The van der Waals surface area contributed by atoms with Gasteiger partial charge in [0.05, 0.1) is 0 Å². The van der Waals surface area contributed by atoms with E-state index >= 15 is 0 Å². The summed E-state index contributed by atoms with van der Waals surface area (Å²) >= 11 is 0. The highest BCUT2D eigenvalue weighted by molar-refractivity contribution is 5.94. The smallest absolute Gasteiger partial charge is 0.159 e. The Kier molecular flexibility index (Phi) is 3.39. The lowest BCUT2D eigenvalue weighted by Crippen LogP contribution is -2.30. The lowest BCUT2D eigenvalue weighted by molar-refractivity contribution is 0.101. The summed E-state index contributed by atoms with van der Waals surface area (Å²) in [4.78, 5) is 11.2. The summed E-state index contributed by atoms with van der Waals surface area (Å²) in [6.07, 6.45) is 2.46. The molecule has 2 nitrogen and oxygen atoms in total.